The van der Waals surface area contributed by atoms with E-state index in [1.807, 2.05) is 11.9 Å². The molecule has 1 aromatic rings. The number of hydrogen-bond acceptors (Lipinski definition) is 7. The highest BCUT2D eigenvalue weighted by Gasteiger charge is 2.45. The molecule has 0 aromatic heterocycles. The number of piperidine rings is 1. The van der Waals surface area contributed by atoms with E-state index in [2.05, 4.69) is 10.6 Å². The number of hydrogen-bond donors (Lipinski definition) is 3. The molecule has 2 fully saturated rings. The molecule has 3 atom stereocenters. The van der Waals surface area contributed by atoms with Crippen LogP contribution in [0.3, 0.4) is 0 Å². The molecule has 0 bridgehead atoms. The third kappa shape index (κ3) is 3.97. The van der Waals surface area contributed by atoms with Crippen molar-refractivity contribution >= 4 is 35.3 Å². The minimum Gasteiger partial charge on any atom is -0.480 e. The van der Waals surface area contributed by atoms with Gasteiger partial charge in [-0.05, 0) is 37.5 Å². The fourth-order valence-electron chi connectivity index (χ4n) is 4.90. The van der Waals surface area contributed by atoms with Crippen LogP contribution in [-0.4, -0.2) is 71.3 Å². The van der Waals surface area contributed by atoms with Gasteiger partial charge in [-0.3, -0.25) is 34.2 Å². The van der Waals surface area contributed by atoms with E-state index in [4.69, 9.17) is 5.11 Å². The number of carboxylic acid groups (broad SMARTS) is 1. The number of imide groups is 2. The third-order valence-electron chi connectivity index (χ3n) is 6.57. The molecule has 2 aliphatic heterocycles. The fraction of sp³-hybridized carbons (Fsp3) is 0.500. The maximum absolute atomic E-state index is 13.1. The number of benzene rings is 1. The number of carbonyl (C=O) groups excluding carboxylic acids is 4. The summed E-state index contributed by atoms with van der Waals surface area (Å²) in [7, 11) is 1.90. The van der Waals surface area contributed by atoms with Crippen molar-refractivity contribution in [1.82, 2.24) is 15.5 Å². The fourth-order valence-corrected chi connectivity index (χ4v) is 4.90. The highest BCUT2D eigenvalue weighted by atomic mass is 16.4. The summed E-state index contributed by atoms with van der Waals surface area (Å²) in [6.45, 7) is -0.118. The van der Waals surface area contributed by atoms with E-state index in [1.54, 1.807) is 18.2 Å². The quantitative estimate of drug-likeness (QED) is 0.542. The first-order valence-corrected chi connectivity index (χ1v) is 10.8. The van der Waals surface area contributed by atoms with Crippen LogP contribution in [0.4, 0.5) is 5.69 Å². The molecule has 2 heterocycles. The Kier molecular flexibility index (Phi) is 5.96. The van der Waals surface area contributed by atoms with Crippen LogP contribution in [0.15, 0.2) is 18.2 Å². The average molecular weight is 442 g/mol. The van der Waals surface area contributed by atoms with Crippen molar-refractivity contribution < 1.29 is 29.1 Å². The molecule has 0 spiro atoms. The molecule has 10 heteroatoms. The number of nitrogens with one attached hydrogen (secondary N) is 2. The smallest absolute Gasteiger partial charge is 0.317 e. The van der Waals surface area contributed by atoms with Crippen LogP contribution < -0.4 is 15.5 Å². The van der Waals surface area contributed by atoms with E-state index in [9.17, 15) is 24.0 Å². The van der Waals surface area contributed by atoms with Crippen molar-refractivity contribution in [3.8, 4) is 0 Å². The lowest BCUT2D eigenvalue weighted by Gasteiger charge is -2.39. The van der Waals surface area contributed by atoms with E-state index in [0.717, 1.165) is 36.3 Å². The molecule has 1 aliphatic carbocycles. The van der Waals surface area contributed by atoms with Gasteiger partial charge in [-0.25, -0.2) is 0 Å². The SMILES string of the molecule is CN(c1ccc2c(c1)C(=O)N(C1CCC(=O)NC1=O)C2=O)[C@@H]1CCCC[C@H]1NCC(=O)O. The summed E-state index contributed by atoms with van der Waals surface area (Å²) >= 11 is 0. The first-order chi connectivity index (χ1) is 15.3. The molecule has 4 amide bonds. The second-order valence-corrected chi connectivity index (χ2v) is 8.52. The molecule has 32 heavy (non-hydrogen) atoms. The highest BCUT2D eigenvalue weighted by Crippen LogP contribution is 2.32. The van der Waals surface area contributed by atoms with Crippen molar-refractivity contribution in [3.63, 3.8) is 0 Å². The van der Waals surface area contributed by atoms with Gasteiger partial charge in [0.25, 0.3) is 11.8 Å². The third-order valence-corrected chi connectivity index (χ3v) is 6.57. The predicted octanol–water partition coefficient (Wildman–Crippen LogP) is 0.509. The number of rotatable bonds is 6. The molecular formula is C22H26N4O6. The van der Waals surface area contributed by atoms with E-state index < -0.39 is 35.6 Å². The molecule has 4 rings (SSSR count). The Bertz CT molecular complexity index is 993. The Morgan fingerprint density at radius 2 is 1.84 bits per heavy atom. The summed E-state index contributed by atoms with van der Waals surface area (Å²) < 4.78 is 0. The molecule has 170 valence electrons. The molecule has 3 aliphatic rings. The number of likely N-dealkylation sites (N-methyl/N-ethyl adjacent to an activating group) is 1. The summed E-state index contributed by atoms with van der Waals surface area (Å²) in [5.41, 5.74) is 1.21. The van der Waals surface area contributed by atoms with Crippen molar-refractivity contribution in [3.05, 3.63) is 29.3 Å². The molecule has 1 saturated carbocycles. The van der Waals surface area contributed by atoms with Gasteiger partial charge in [-0.2, -0.15) is 0 Å². The van der Waals surface area contributed by atoms with Crippen LogP contribution >= 0.6 is 0 Å². The Hall–Kier alpha value is -3.27. The minimum absolute atomic E-state index is 0.00425. The Balaban J connectivity index is 1.56. The molecular weight excluding hydrogens is 416 g/mol. The first kappa shape index (κ1) is 21.9. The maximum atomic E-state index is 13.1. The standard InChI is InChI=1S/C22H26N4O6/c1-25(16-5-3-2-4-15(16)23-11-19(28)29)12-6-7-13-14(10-12)22(32)26(21(13)31)17-8-9-18(27)24-20(17)30/h6-7,10,15-17,23H,2-5,8-9,11H2,1H3,(H,28,29)(H,24,27,30)/t15-,16-,17?/m1/s1. The molecule has 1 saturated heterocycles. The number of anilines is 1. The lowest BCUT2D eigenvalue weighted by Crippen LogP contribution is -2.54. The van der Waals surface area contributed by atoms with Crippen LogP contribution in [0.2, 0.25) is 0 Å². The maximum Gasteiger partial charge on any atom is 0.317 e. The van der Waals surface area contributed by atoms with Gasteiger partial charge in [-0.15, -0.1) is 0 Å². The number of fused-ring (bicyclic) bond motifs is 1. The topological polar surface area (TPSA) is 136 Å². The number of aliphatic carboxylic acids is 1. The summed E-state index contributed by atoms with van der Waals surface area (Å²) in [6, 6.07) is 4.06. The lowest BCUT2D eigenvalue weighted by molar-refractivity contribution is -0.137. The molecule has 3 N–H and O–H groups in total. The Morgan fingerprint density at radius 1 is 1.12 bits per heavy atom. The molecule has 1 aromatic carbocycles. The summed E-state index contributed by atoms with van der Waals surface area (Å²) in [5, 5.41) is 14.3. The zero-order valence-corrected chi connectivity index (χ0v) is 17.8. The van der Waals surface area contributed by atoms with Crippen molar-refractivity contribution in [1.29, 1.82) is 0 Å². The van der Waals surface area contributed by atoms with Crippen LogP contribution in [0.1, 0.15) is 59.2 Å². The minimum atomic E-state index is -0.996. The van der Waals surface area contributed by atoms with Crippen LogP contribution in [0.5, 0.6) is 0 Å². The predicted molar refractivity (Wildman–Crippen MR) is 113 cm³/mol. The van der Waals surface area contributed by atoms with Crippen LogP contribution in [0.25, 0.3) is 0 Å². The monoisotopic (exact) mass is 442 g/mol. The molecule has 1 unspecified atom stereocenters. The number of nitrogens with zero attached hydrogens (tertiary/aromatic N) is 2. The summed E-state index contributed by atoms with van der Waals surface area (Å²) in [4.78, 5) is 63.6. The van der Waals surface area contributed by atoms with Crippen LogP contribution in [-0.2, 0) is 14.4 Å². The van der Waals surface area contributed by atoms with E-state index in [0.29, 0.717) is 0 Å². The van der Waals surface area contributed by atoms with Gasteiger partial charge in [0, 0.05) is 31.2 Å². The van der Waals surface area contributed by atoms with Gasteiger partial charge < -0.3 is 15.3 Å². The van der Waals surface area contributed by atoms with Crippen molar-refractivity contribution in [2.24, 2.45) is 0 Å². The lowest BCUT2D eigenvalue weighted by atomic mass is 9.89. The van der Waals surface area contributed by atoms with Crippen molar-refractivity contribution in [2.45, 2.75) is 56.7 Å². The Morgan fingerprint density at radius 3 is 2.56 bits per heavy atom. The summed E-state index contributed by atoms with van der Waals surface area (Å²) in [5.74, 6) is -3.04. The normalized spacial score (nSPS) is 25.5. The van der Waals surface area contributed by atoms with E-state index in [1.165, 1.54) is 0 Å². The molecule has 10 nitrogen and oxygen atoms in total. The second kappa shape index (κ2) is 8.70. The van der Waals surface area contributed by atoms with Gasteiger partial charge >= 0.3 is 5.97 Å². The highest BCUT2D eigenvalue weighted by molar-refractivity contribution is 6.23. The average Bonchev–Trinajstić information content (AvgIpc) is 3.02. The zero-order chi connectivity index (χ0) is 23.0. The Labute approximate surface area is 184 Å². The van der Waals surface area contributed by atoms with Crippen molar-refractivity contribution in [2.75, 3.05) is 18.5 Å². The van der Waals surface area contributed by atoms with Gasteiger partial charge in [-0.1, -0.05) is 12.8 Å². The molecule has 0 radical (unpaired) electrons. The summed E-state index contributed by atoms with van der Waals surface area (Å²) in [6.07, 6.45) is 3.95. The van der Waals surface area contributed by atoms with Gasteiger partial charge in [0.1, 0.15) is 6.04 Å². The van der Waals surface area contributed by atoms with Crippen LogP contribution in [0, 0.1) is 0 Å². The van der Waals surface area contributed by atoms with Gasteiger partial charge in [0.15, 0.2) is 0 Å². The largest absolute Gasteiger partial charge is 0.480 e. The van der Waals surface area contributed by atoms with E-state index >= 15 is 0 Å². The number of amides is 4. The second-order valence-electron chi connectivity index (χ2n) is 8.52. The van der Waals surface area contributed by atoms with Gasteiger partial charge in [0.2, 0.25) is 11.8 Å². The number of carboxylic acids is 1. The first-order valence-electron chi connectivity index (χ1n) is 10.8. The van der Waals surface area contributed by atoms with E-state index in [-0.39, 0.29) is 42.6 Å². The number of carbonyl (C=O) groups is 5. The zero-order valence-electron chi connectivity index (χ0n) is 17.8. The van der Waals surface area contributed by atoms with Gasteiger partial charge in [0.05, 0.1) is 17.7 Å².